The lowest BCUT2D eigenvalue weighted by molar-refractivity contribution is -0.167. The number of allylic oxidation sites excluding steroid dienone is 2. The van der Waals surface area contributed by atoms with E-state index in [9.17, 15) is 4.79 Å². The molecule has 6 nitrogen and oxygen atoms in total. The number of aromatic amines is 1. The highest BCUT2D eigenvalue weighted by Gasteiger charge is 2.69. The van der Waals surface area contributed by atoms with Crippen LogP contribution < -0.4 is 17.0 Å². The summed E-state index contributed by atoms with van der Waals surface area (Å²) in [6.07, 6.45) is 12.3. The van der Waals surface area contributed by atoms with Gasteiger partial charge in [0.1, 0.15) is 5.82 Å². The number of carbonyl (C=O) groups excluding carboxylic acids is 1. The topological polar surface area (TPSA) is 110 Å². The fourth-order valence-electron chi connectivity index (χ4n) is 11.2. The summed E-state index contributed by atoms with van der Waals surface area (Å²) in [5.41, 5.74) is 13.4. The zero-order valence-electron chi connectivity index (χ0n) is 24.2. The molecule has 0 spiro atoms. The van der Waals surface area contributed by atoms with Gasteiger partial charge in [0.25, 0.3) is 0 Å². The second kappa shape index (κ2) is 7.43. The molecule has 1 aromatic heterocycles. The van der Waals surface area contributed by atoms with Crippen LogP contribution >= 0.6 is 0 Å². The van der Waals surface area contributed by atoms with Gasteiger partial charge >= 0.3 is 0 Å². The van der Waals surface area contributed by atoms with Crippen LogP contribution in [0.4, 0.5) is 5.82 Å². The average Bonchev–Trinajstić information content (AvgIpc) is 3.19. The molecule has 204 valence electrons. The first-order chi connectivity index (χ1) is 17.2. The molecule has 1 amide bonds. The van der Waals surface area contributed by atoms with Crippen LogP contribution in [0.3, 0.4) is 0 Å². The van der Waals surface area contributed by atoms with Crippen molar-refractivity contribution in [3.05, 3.63) is 22.9 Å². The number of hydrogen-bond donors (Lipinski definition) is 4. The molecule has 0 bridgehead atoms. The van der Waals surface area contributed by atoms with Crippen molar-refractivity contribution in [3.63, 3.8) is 0 Å². The van der Waals surface area contributed by atoms with E-state index in [2.05, 4.69) is 65.1 Å². The maximum Gasteiger partial charge on any atom is 0.240 e. The molecule has 1 heterocycles. The number of nitrogens with zero attached hydrogens (tertiary/aromatic N) is 1. The van der Waals surface area contributed by atoms with Crippen LogP contribution in [0.2, 0.25) is 0 Å². The maximum absolute atomic E-state index is 13.4. The molecule has 3 saturated carbocycles. The van der Waals surface area contributed by atoms with Crippen molar-refractivity contribution < 1.29 is 4.79 Å². The van der Waals surface area contributed by atoms with Gasteiger partial charge in [0.2, 0.25) is 5.91 Å². The Labute approximate surface area is 223 Å². The number of amides is 1. The molecule has 0 radical (unpaired) electrons. The number of anilines is 1. The van der Waals surface area contributed by atoms with Crippen LogP contribution in [0.15, 0.2) is 11.6 Å². The third-order valence-electron chi connectivity index (χ3n) is 13.4. The molecule has 1 aromatic rings. The van der Waals surface area contributed by atoms with E-state index in [4.69, 9.17) is 16.7 Å². The highest BCUT2D eigenvalue weighted by molar-refractivity contribution is 5.83. The van der Waals surface area contributed by atoms with E-state index in [1.807, 2.05) is 0 Å². The quantitative estimate of drug-likeness (QED) is 0.167. The number of hydrazine groups is 1. The number of carbonyl (C=O) groups is 1. The van der Waals surface area contributed by atoms with Crippen LogP contribution in [0.5, 0.6) is 0 Å². The predicted octanol–water partition coefficient (Wildman–Crippen LogP) is 5.80. The second-order valence-corrected chi connectivity index (χ2v) is 15.7. The third kappa shape index (κ3) is 2.97. The van der Waals surface area contributed by atoms with Crippen LogP contribution in [0.1, 0.15) is 111 Å². The van der Waals surface area contributed by atoms with Crippen LogP contribution in [0, 0.1) is 44.8 Å². The molecule has 0 aliphatic heterocycles. The van der Waals surface area contributed by atoms with E-state index in [0.717, 1.165) is 50.8 Å². The molecule has 7 atom stereocenters. The Balaban J connectivity index is 1.47. The summed E-state index contributed by atoms with van der Waals surface area (Å²) in [5.74, 6) is 8.07. The van der Waals surface area contributed by atoms with Crippen LogP contribution in [-0.2, 0) is 16.6 Å². The first-order valence-electron chi connectivity index (χ1n) is 14.7. The van der Waals surface area contributed by atoms with Gasteiger partial charge in [-0.25, -0.2) is 5.84 Å². The third-order valence-corrected chi connectivity index (χ3v) is 13.4. The van der Waals surface area contributed by atoms with Gasteiger partial charge in [-0.15, -0.1) is 0 Å². The number of nitrogens with one attached hydrogen (secondary N) is 2. The monoisotopic (exact) mass is 507 g/mol. The van der Waals surface area contributed by atoms with E-state index in [-0.39, 0.29) is 44.3 Å². The molecular formula is C31H49N5O. The normalized spacial score (nSPS) is 45.3. The summed E-state index contributed by atoms with van der Waals surface area (Å²) in [6.45, 7) is 17.3. The zero-order valence-corrected chi connectivity index (χ0v) is 24.2. The largest absolute Gasteiger partial charge is 0.384 e. The summed E-state index contributed by atoms with van der Waals surface area (Å²) in [4.78, 5) is 13.4. The van der Waals surface area contributed by atoms with Crippen molar-refractivity contribution in [3.8, 4) is 0 Å². The lowest BCUT2D eigenvalue weighted by atomic mass is 9.33. The molecule has 5 aliphatic carbocycles. The molecular weight excluding hydrogens is 458 g/mol. The zero-order chi connectivity index (χ0) is 26.8. The minimum absolute atomic E-state index is 0.00297. The highest BCUT2D eigenvalue weighted by atomic mass is 16.2. The Morgan fingerprint density at radius 2 is 1.73 bits per heavy atom. The lowest BCUT2D eigenvalue weighted by Gasteiger charge is -2.70. The van der Waals surface area contributed by atoms with E-state index in [1.165, 1.54) is 24.1 Å². The maximum atomic E-state index is 13.4. The van der Waals surface area contributed by atoms with Crippen molar-refractivity contribution >= 4 is 11.7 Å². The Morgan fingerprint density at radius 3 is 2.43 bits per heavy atom. The molecule has 6 N–H and O–H groups in total. The summed E-state index contributed by atoms with van der Waals surface area (Å²) >= 11 is 0. The fraction of sp³-hybridized carbons (Fsp3) is 0.806. The van der Waals surface area contributed by atoms with Gasteiger partial charge in [-0.2, -0.15) is 5.10 Å². The second-order valence-electron chi connectivity index (χ2n) is 15.7. The highest BCUT2D eigenvalue weighted by Crippen LogP contribution is 2.75. The van der Waals surface area contributed by atoms with Gasteiger partial charge in [0.05, 0.1) is 11.1 Å². The first-order valence-corrected chi connectivity index (χ1v) is 14.7. The molecule has 6 rings (SSSR count). The van der Waals surface area contributed by atoms with Gasteiger partial charge in [0, 0.05) is 11.0 Å². The minimum Gasteiger partial charge on any atom is -0.384 e. The Bertz CT molecular complexity index is 1180. The van der Waals surface area contributed by atoms with E-state index >= 15 is 0 Å². The summed E-state index contributed by atoms with van der Waals surface area (Å²) < 4.78 is 0. The number of rotatable bonds is 1. The predicted molar refractivity (Wildman–Crippen MR) is 148 cm³/mol. The molecule has 37 heavy (non-hydrogen) atoms. The van der Waals surface area contributed by atoms with Gasteiger partial charge in [-0.1, -0.05) is 60.1 Å². The number of nitrogen functional groups attached to an aromatic ring is 1. The van der Waals surface area contributed by atoms with E-state index in [1.54, 1.807) is 5.57 Å². The number of H-pyrrole nitrogens is 1. The van der Waals surface area contributed by atoms with Crippen molar-refractivity contribution in [2.75, 3.05) is 5.73 Å². The lowest BCUT2D eigenvalue weighted by Crippen LogP contribution is -2.65. The number of fused-ring (bicyclic) bond motifs is 8. The fourth-order valence-corrected chi connectivity index (χ4v) is 11.2. The van der Waals surface area contributed by atoms with Crippen molar-refractivity contribution in [1.82, 2.24) is 15.6 Å². The van der Waals surface area contributed by atoms with Gasteiger partial charge in [0.15, 0.2) is 0 Å². The molecule has 3 unspecified atom stereocenters. The van der Waals surface area contributed by atoms with Crippen molar-refractivity contribution in [1.29, 1.82) is 0 Å². The summed E-state index contributed by atoms with van der Waals surface area (Å²) in [6, 6.07) is 0. The van der Waals surface area contributed by atoms with Crippen LogP contribution in [-0.4, -0.2) is 16.1 Å². The number of hydrogen-bond acceptors (Lipinski definition) is 4. The first kappa shape index (κ1) is 25.5. The Hall–Kier alpha value is -1.82. The van der Waals surface area contributed by atoms with Gasteiger partial charge < -0.3 is 5.73 Å². The summed E-state index contributed by atoms with van der Waals surface area (Å²) in [7, 11) is 0. The molecule has 3 fully saturated rings. The van der Waals surface area contributed by atoms with Gasteiger partial charge in [-0.3, -0.25) is 15.3 Å². The molecule has 0 aromatic carbocycles. The Kier molecular flexibility index (Phi) is 5.11. The number of aromatic nitrogens is 2. The van der Waals surface area contributed by atoms with Crippen molar-refractivity contribution in [2.45, 2.75) is 112 Å². The van der Waals surface area contributed by atoms with E-state index < -0.39 is 0 Å². The SMILES string of the molecule is CC1(C)CC[C@]2(C(=O)NN)CC[C@]3(C)C(=CCC4[C@@]5(C)Cc6c(n[nH]c6N)C(C)(C)C5CC[C@]43C)C2C1. The molecule has 6 heteroatoms. The minimum atomic E-state index is -0.354. The van der Waals surface area contributed by atoms with Crippen LogP contribution in [0.25, 0.3) is 0 Å². The smallest absolute Gasteiger partial charge is 0.240 e. The van der Waals surface area contributed by atoms with Crippen molar-refractivity contribution in [2.24, 2.45) is 50.7 Å². The average molecular weight is 508 g/mol. The number of nitrogens with two attached hydrogens (primary N) is 2. The van der Waals surface area contributed by atoms with Gasteiger partial charge in [-0.05, 0) is 97.2 Å². The molecule has 0 saturated heterocycles. The summed E-state index contributed by atoms with van der Waals surface area (Å²) in [5, 5.41) is 7.84. The van der Waals surface area contributed by atoms with E-state index in [0.29, 0.717) is 11.8 Å². The Morgan fingerprint density at radius 1 is 1.03 bits per heavy atom. The molecule has 5 aliphatic rings. The standard InChI is InChI=1S/C31H49N5O/c1-26(2)12-14-31(25(37)34-33)15-13-29(6)19(20(31)17-26)8-9-22-28(5)16-18-23(35-36-24(18)32)27(3,4)21(28)10-11-30(22,29)7/h8,20-22H,9-17,33H2,1-7H3,(H,34,37)(H3,32,35,36)/t20?,21?,22?,28-,29+,30+,31-/m0/s1.